The van der Waals surface area contributed by atoms with Gasteiger partial charge in [-0.1, -0.05) is 7.43 Å². The van der Waals surface area contributed by atoms with E-state index in [0.29, 0.717) is 16.5 Å². The highest BCUT2D eigenvalue weighted by Gasteiger charge is 2.26. The van der Waals surface area contributed by atoms with Gasteiger partial charge in [0.25, 0.3) is 0 Å². The summed E-state index contributed by atoms with van der Waals surface area (Å²) in [7, 11) is 1.00. The lowest BCUT2D eigenvalue weighted by molar-refractivity contribution is -0.119. The molecule has 0 radical (unpaired) electrons. The highest BCUT2D eigenvalue weighted by Crippen LogP contribution is 2.36. The van der Waals surface area contributed by atoms with Crippen molar-refractivity contribution in [3.8, 4) is 6.07 Å². The van der Waals surface area contributed by atoms with Crippen molar-refractivity contribution in [2.24, 2.45) is 22.2 Å². The van der Waals surface area contributed by atoms with Crippen molar-refractivity contribution < 1.29 is 14.7 Å². The van der Waals surface area contributed by atoms with E-state index in [9.17, 15) is 9.59 Å². The zero-order valence-electron chi connectivity index (χ0n) is 24.6. The van der Waals surface area contributed by atoms with E-state index in [1.54, 1.807) is 23.1 Å². The molecule has 0 saturated heterocycles. The van der Waals surface area contributed by atoms with E-state index >= 15 is 0 Å². The molecule has 4 aromatic rings. The fourth-order valence-corrected chi connectivity index (χ4v) is 8.14. The van der Waals surface area contributed by atoms with Crippen LogP contribution in [-0.4, -0.2) is 75.7 Å². The van der Waals surface area contributed by atoms with Crippen molar-refractivity contribution in [1.82, 2.24) is 9.97 Å². The van der Waals surface area contributed by atoms with E-state index in [-0.39, 0.29) is 13.3 Å². The van der Waals surface area contributed by atoms with E-state index in [0.717, 1.165) is 67.0 Å². The molecular formula is C30H39N9O3S4. The van der Waals surface area contributed by atoms with Gasteiger partial charge in [-0.15, -0.1) is 34.4 Å². The zero-order valence-corrected chi connectivity index (χ0v) is 27.9. The summed E-state index contributed by atoms with van der Waals surface area (Å²) in [5, 5.41) is 24.9. The summed E-state index contributed by atoms with van der Waals surface area (Å²) in [4.78, 5) is 34.6. The standard InChI is InChI=1S/C14H14N4OS2.C11H9N3S.C3H8N2OS.CH4O.CH4/c15-12(19)10-6-20-13(18-10)14-17-9-4-3-8-7(11(9)21-14)2-1-5-16-8;12-6-10-14-9-4-3-8-7(11(9)15-10)2-1-5-13-8;4-2(1-7)3(5)6;1-2;/h3-4,10,16H,1-2,5-6H2,(H2,15,19);3-4,13H,1-2,5H2;2,7H,1,4H2,(H2,5,6);2H,1H3;1H4/t10-;;2-;;/m1.1../s1. The first-order chi connectivity index (χ1) is 21.8. The van der Waals surface area contributed by atoms with Crippen LogP contribution in [0.25, 0.3) is 20.4 Å². The number of aliphatic hydroxyl groups is 1. The normalized spacial score (nSPS) is 16.4. The van der Waals surface area contributed by atoms with Crippen LogP contribution in [0.2, 0.25) is 0 Å². The molecule has 2 amide bonds. The third-order valence-electron chi connectivity index (χ3n) is 6.98. The topological polar surface area (TPSA) is 218 Å². The van der Waals surface area contributed by atoms with Crippen molar-refractivity contribution in [2.75, 3.05) is 42.3 Å². The van der Waals surface area contributed by atoms with Gasteiger partial charge in [-0.25, -0.2) is 9.97 Å². The van der Waals surface area contributed by atoms with Gasteiger partial charge in [-0.3, -0.25) is 14.6 Å². The number of rotatable bonds is 4. The summed E-state index contributed by atoms with van der Waals surface area (Å²) in [6.07, 6.45) is 4.49. The molecule has 3 aliphatic heterocycles. The molecule has 9 N–H and O–H groups in total. The van der Waals surface area contributed by atoms with Crippen LogP contribution >= 0.6 is 47.1 Å². The number of thiol groups is 1. The Kier molecular flexibility index (Phi) is 14.0. The second-order valence-corrected chi connectivity index (χ2v) is 13.3. The number of hydrogen-bond donors (Lipinski definition) is 7. The summed E-state index contributed by atoms with van der Waals surface area (Å²) in [5.74, 6) is 0.0745. The Hall–Kier alpha value is -3.46. The van der Waals surface area contributed by atoms with Gasteiger partial charge in [0.05, 0.1) is 26.5 Å². The van der Waals surface area contributed by atoms with Crippen molar-refractivity contribution in [1.29, 1.82) is 5.26 Å². The number of aliphatic imine (C=N–C) groups is 1. The first-order valence-electron chi connectivity index (χ1n) is 14.1. The molecule has 46 heavy (non-hydrogen) atoms. The number of carbonyl (C=O) groups is 2. The summed E-state index contributed by atoms with van der Waals surface area (Å²) < 4.78 is 2.41. The Morgan fingerprint density at radius 1 is 1.02 bits per heavy atom. The zero-order chi connectivity index (χ0) is 32.5. The van der Waals surface area contributed by atoms with Crippen LogP contribution in [0.5, 0.6) is 0 Å². The summed E-state index contributed by atoms with van der Waals surface area (Å²) in [5.41, 5.74) is 22.2. The number of primary amides is 2. The number of benzene rings is 2. The molecule has 246 valence electrons. The molecule has 12 nitrogen and oxygen atoms in total. The number of nitrogens with one attached hydrogen (secondary N) is 2. The smallest absolute Gasteiger partial charge is 0.243 e. The minimum atomic E-state index is -0.594. The van der Waals surface area contributed by atoms with E-state index in [1.165, 1.54) is 43.2 Å². The van der Waals surface area contributed by atoms with Crippen LogP contribution in [0.1, 0.15) is 41.4 Å². The average Bonchev–Trinajstić information content (AvgIpc) is 3.84. The highest BCUT2D eigenvalue weighted by atomic mass is 32.2. The fraction of sp³-hybridized carbons (Fsp3) is 0.400. The van der Waals surface area contributed by atoms with E-state index in [4.69, 9.17) is 27.6 Å². The minimum absolute atomic E-state index is 0. The Morgan fingerprint density at radius 2 is 1.59 bits per heavy atom. The van der Waals surface area contributed by atoms with Crippen LogP contribution in [0, 0.1) is 11.3 Å². The quantitative estimate of drug-likeness (QED) is 0.154. The maximum Gasteiger partial charge on any atom is 0.243 e. The van der Waals surface area contributed by atoms with Gasteiger partial charge in [0, 0.05) is 43.1 Å². The predicted octanol–water partition coefficient (Wildman–Crippen LogP) is 3.50. The number of anilines is 2. The molecule has 2 aromatic heterocycles. The Morgan fingerprint density at radius 3 is 2.07 bits per heavy atom. The van der Waals surface area contributed by atoms with Crippen LogP contribution in [0.4, 0.5) is 11.4 Å². The molecule has 0 fully saturated rings. The van der Waals surface area contributed by atoms with Gasteiger partial charge < -0.3 is 32.9 Å². The molecule has 7 rings (SSSR count). The summed E-state index contributed by atoms with van der Waals surface area (Å²) >= 11 is 8.46. The number of nitriles is 1. The molecule has 2 atom stereocenters. The first kappa shape index (κ1) is 37.0. The van der Waals surface area contributed by atoms with Crippen molar-refractivity contribution >= 4 is 95.7 Å². The van der Waals surface area contributed by atoms with Gasteiger partial charge in [-0.2, -0.15) is 17.9 Å². The number of carbonyl (C=O) groups excluding carboxylic acids is 2. The molecule has 0 bridgehead atoms. The fourth-order valence-electron chi connectivity index (χ4n) is 4.76. The Labute approximate surface area is 285 Å². The van der Waals surface area contributed by atoms with Gasteiger partial charge in [-0.05, 0) is 61.1 Å². The predicted molar refractivity (Wildman–Crippen MR) is 195 cm³/mol. The maximum absolute atomic E-state index is 11.2. The number of amides is 2. The second-order valence-electron chi connectivity index (χ2n) is 9.95. The first-order valence-corrected chi connectivity index (χ1v) is 17.4. The molecule has 5 heterocycles. The number of aliphatic hydroxyl groups excluding tert-OH is 1. The summed E-state index contributed by atoms with van der Waals surface area (Å²) in [6.45, 7) is 2.08. The number of aromatic nitrogens is 2. The van der Waals surface area contributed by atoms with E-state index in [2.05, 4.69) is 62.5 Å². The van der Waals surface area contributed by atoms with E-state index < -0.39 is 18.0 Å². The third-order valence-corrected chi connectivity index (χ3v) is 10.7. The molecule has 16 heteroatoms. The SMILES string of the molecule is C.CO.N#Cc1nc2ccc3c(c2s1)CCCN3.NC(=O)[C@H](N)CS.NC(=O)[C@H]1CSC(c2nc3ccc4c(c3s2)CCCN4)=N1. The molecule has 3 aliphatic rings. The highest BCUT2D eigenvalue weighted by molar-refractivity contribution is 8.15. The van der Waals surface area contributed by atoms with Crippen molar-refractivity contribution in [3.05, 3.63) is 45.4 Å². The molecular weight excluding hydrogens is 663 g/mol. The lowest BCUT2D eigenvalue weighted by Gasteiger charge is -2.17. The average molecular weight is 702 g/mol. The monoisotopic (exact) mass is 701 g/mol. The minimum Gasteiger partial charge on any atom is -0.400 e. The molecule has 2 aromatic carbocycles. The summed E-state index contributed by atoms with van der Waals surface area (Å²) in [6, 6.07) is 9.32. The number of fused-ring (bicyclic) bond motifs is 6. The van der Waals surface area contributed by atoms with Crippen LogP contribution in [-0.2, 0) is 22.4 Å². The number of nitrogens with two attached hydrogens (primary N) is 3. The van der Waals surface area contributed by atoms with Crippen LogP contribution in [0.15, 0.2) is 29.3 Å². The number of nitrogens with zero attached hydrogens (tertiary/aromatic N) is 4. The molecule has 0 aliphatic carbocycles. The maximum atomic E-state index is 11.2. The molecule has 0 saturated carbocycles. The third kappa shape index (κ3) is 8.66. The van der Waals surface area contributed by atoms with Crippen LogP contribution < -0.4 is 27.8 Å². The Balaban J connectivity index is 0.000000202. The van der Waals surface area contributed by atoms with Crippen LogP contribution in [0.3, 0.4) is 0 Å². The lowest BCUT2D eigenvalue weighted by atomic mass is 10.0. The van der Waals surface area contributed by atoms with Crippen molar-refractivity contribution in [3.63, 3.8) is 0 Å². The number of thiazole rings is 2. The van der Waals surface area contributed by atoms with Crippen molar-refractivity contribution in [2.45, 2.75) is 45.2 Å². The van der Waals surface area contributed by atoms with Gasteiger partial charge in [0.15, 0.2) is 5.01 Å². The Bertz CT molecular complexity index is 1750. The van der Waals surface area contributed by atoms with Gasteiger partial charge >= 0.3 is 0 Å². The second kappa shape index (κ2) is 17.5. The number of aryl methyl sites for hydroxylation is 2. The largest absolute Gasteiger partial charge is 0.400 e. The number of thioether (sulfide) groups is 1. The van der Waals surface area contributed by atoms with Gasteiger partial charge in [0.2, 0.25) is 11.8 Å². The van der Waals surface area contributed by atoms with Gasteiger partial charge in [0.1, 0.15) is 22.2 Å². The molecule has 0 unspecified atom stereocenters. The lowest BCUT2D eigenvalue weighted by Crippen LogP contribution is -2.37. The number of hydrogen-bond acceptors (Lipinski definition) is 14. The molecule has 0 spiro atoms. The van der Waals surface area contributed by atoms with E-state index in [1.807, 2.05) is 6.07 Å².